The van der Waals surface area contributed by atoms with Gasteiger partial charge in [-0.05, 0) is 19.3 Å². The van der Waals surface area contributed by atoms with E-state index in [1.807, 2.05) is 0 Å². The van der Waals surface area contributed by atoms with E-state index in [2.05, 4.69) is 19.1 Å². The number of allylic oxidation sites excluding steroid dienone is 1. The van der Waals surface area contributed by atoms with Crippen molar-refractivity contribution in [1.29, 1.82) is 0 Å². The van der Waals surface area contributed by atoms with Gasteiger partial charge in [-0.25, -0.2) is 0 Å². The minimum atomic E-state index is 0.283. The lowest BCUT2D eigenvalue weighted by Crippen LogP contribution is -1.76. The molecule has 0 fully saturated rings. The first-order chi connectivity index (χ1) is 5.41. The Morgan fingerprint density at radius 1 is 1.00 bits per heavy atom. The van der Waals surface area contributed by atoms with Crippen LogP contribution in [-0.4, -0.2) is 11.7 Å². The van der Waals surface area contributed by atoms with Gasteiger partial charge in [-0.1, -0.05) is 38.3 Å². The smallest absolute Gasteiger partial charge is 0.0465 e. The summed E-state index contributed by atoms with van der Waals surface area (Å²) in [6.07, 6.45) is 11.5. The fourth-order valence-corrected chi connectivity index (χ4v) is 0.999. The molecule has 0 aliphatic carbocycles. The second-order valence-corrected chi connectivity index (χ2v) is 2.83. The zero-order chi connectivity index (χ0) is 8.36. The van der Waals surface area contributed by atoms with E-state index >= 15 is 0 Å². The molecule has 0 aliphatic heterocycles. The van der Waals surface area contributed by atoms with Gasteiger partial charge in [0.2, 0.25) is 0 Å². The summed E-state index contributed by atoms with van der Waals surface area (Å²) in [5, 5.41) is 8.46. The minimum Gasteiger partial charge on any atom is -0.396 e. The normalized spacial score (nSPS) is 11.1. The van der Waals surface area contributed by atoms with Crippen LogP contribution in [0, 0.1) is 0 Å². The first kappa shape index (κ1) is 10.7. The molecule has 1 nitrogen and oxygen atoms in total. The van der Waals surface area contributed by atoms with Gasteiger partial charge in [0.1, 0.15) is 0 Å². The van der Waals surface area contributed by atoms with Crippen LogP contribution >= 0.6 is 0 Å². The molecule has 0 heterocycles. The molecule has 1 N–H and O–H groups in total. The maximum atomic E-state index is 8.46. The highest BCUT2D eigenvalue weighted by Crippen LogP contribution is 2.02. The third kappa shape index (κ3) is 9.70. The summed E-state index contributed by atoms with van der Waals surface area (Å²) in [4.78, 5) is 0. The SMILES string of the molecule is CCCCCC/C=C/CCO. The monoisotopic (exact) mass is 156 g/mol. The highest BCUT2D eigenvalue weighted by Gasteiger charge is 1.83. The van der Waals surface area contributed by atoms with E-state index < -0.39 is 0 Å². The average Bonchev–Trinajstić information content (AvgIpc) is 2.03. The van der Waals surface area contributed by atoms with Crippen LogP contribution in [0.25, 0.3) is 0 Å². The van der Waals surface area contributed by atoms with E-state index in [-0.39, 0.29) is 6.61 Å². The number of rotatable bonds is 7. The number of hydrogen-bond donors (Lipinski definition) is 1. The van der Waals surface area contributed by atoms with E-state index in [1.165, 1.54) is 32.1 Å². The molecule has 1 heteroatoms. The second-order valence-electron chi connectivity index (χ2n) is 2.83. The Balaban J connectivity index is 2.89. The number of aliphatic hydroxyl groups excluding tert-OH is 1. The first-order valence-electron chi connectivity index (χ1n) is 4.67. The Morgan fingerprint density at radius 2 is 1.73 bits per heavy atom. The van der Waals surface area contributed by atoms with Gasteiger partial charge in [0.15, 0.2) is 0 Å². The first-order valence-corrected chi connectivity index (χ1v) is 4.67. The molecular formula is C10H20O. The molecule has 0 aliphatic rings. The van der Waals surface area contributed by atoms with Crippen molar-refractivity contribution >= 4 is 0 Å². The quantitative estimate of drug-likeness (QED) is 0.444. The zero-order valence-corrected chi connectivity index (χ0v) is 7.55. The molecule has 0 aromatic rings. The van der Waals surface area contributed by atoms with Crippen molar-refractivity contribution in [3.8, 4) is 0 Å². The van der Waals surface area contributed by atoms with E-state index in [0.717, 1.165) is 6.42 Å². The number of unbranched alkanes of at least 4 members (excludes halogenated alkanes) is 4. The van der Waals surface area contributed by atoms with Gasteiger partial charge < -0.3 is 5.11 Å². The lowest BCUT2D eigenvalue weighted by Gasteiger charge is -1.93. The third-order valence-electron chi connectivity index (χ3n) is 1.69. The standard InChI is InChI=1S/C10H20O/c1-2-3-4-5-6-7-8-9-10-11/h7-8,11H,2-6,9-10H2,1H3/b8-7+. The molecule has 0 bridgehead atoms. The van der Waals surface area contributed by atoms with Crippen molar-refractivity contribution in [3.05, 3.63) is 12.2 Å². The fraction of sp³-hybridized carbons (Fsp3) is 0.800. The van der Waals surface area contributed by atoms with E-state index in [1.54, 1.807) is 0 Å². The summed E-state index contributed by atoms with van der Waals surface area (Å²) in [6, 6.07) is 0. The van der Waals surface area contributed by atoms with E-state index in [0.29, 0.717) is 0 Å². The van der Waals surface area contributed by atoms with Crippen molar-refractivity contribution in [2.75, 3.05) is 6.61 Å². The Morgan fingerprint density at radius 3 is 2.36 bits per heavy atom. The molecule has 0 spiro atoms. The van der Waals surface area contributed by atoms with Crippen LogP contribution in [0.15, 0.2) is 12.2 Å². The Labute approximate surface area is 70.1 Å². The summed E-state index contributed by atoms with van der Waals surface area (Å²) in [7, 11) is 0. The highest BCUT2D eigenvalue weighted by molar-refractivity contribution is 4.80. The Hall–Kier alpha value is -0.300. The van der Waals surface area contributed by atoms with Gasteiger partial charge in [-0.2, -0.15) is 0 Å². The van der Waals surface area contributed by atoms with Gasteiger partial charge in [-0.15, -0.1) is 0 Å². The Bertz CT molecular complexity index is 86.9. The third-order valence-corrected chi connectivity index (χ3v) is 1.69. The van der Waals surface area contributed by atoms with E-state index in [4.69, 9.17) is 5.11 Å². The zero-order valence-electron chi connectivity index (χ0n) is 7.55. The van der Waals surface area contributed by atoms with Crippen molar-refractivity contribution < 1.29 is 5.11 Å². The van der Waals surface area contributed by atoms with Gasteiger partial charge >= 0.3 is 0 Å². The molecule has 0 aromatic carbocycles. The van der Waals surface area contributed by atoms with Gasteiger partial charge in [0, 0.05) is 6.61 Å². The second kappa shape index (κ2) is 9.70. The summed E-state index contributed by atoms with van der Waals surface area (Å²) in [5.74, 6) is 0. The molecule has 0 unspecified atom stereocenters. The molecule has 0 radical (unpaired) electrons. The number of aliphatic hydroxyl groups is 1. The molecule has 66 valence electrons. The molecule has 0 amide bonds. The lowest BCUT2D eigenvalue weighted by molar-refractivity contribution is 0.302. The molecule has 0 aromatic heterocycles. The van der Waals surface area contributed by atoms with Crippen LogP contribution < -0.4 is 0 Å². The maximum Gasteiger partial charge on any atom is 0.0465 e. The predicted molar refractivity (Wildman–Crippen MR) is 49.6 cm³/mol. The van der Waals surface area contributed by atoms with Crippen molar-refractivity contribution in [2.45, 2.75) is 45.4 Å². The van der Waals surface area contributed by atoms with Crippen LogP contribution in [0.3, 0.4) is 0 Å². The minimum absolute atomic E-state index is 0.283. The molecule has 0 atom stereocenters. The molecule has 0 saturated carbocycles. The molecular weight excluding hydrogens is 136 g/mol. The summed E-state index contributed by atoms with van der Waals surface area (Å²) >= 11 is 0. The van der Waals surface area contributed by atoms with Crippen molar-refractivity contribution in [2.24, 2.45) is 0 Å². The summed E-state index contributed by atoms with van der Waals surface area (Å²) in [6.45, 7) is 2.51. The lowest BCUT2D eigenvalue weighted by atomic mass is 10.1. The Kier molecular flexibility index (Phi) is 9.44. The summed E-state index contributed by atoms with van der Waals surface area (Å²) in [5.41, 5.74) is 0. The van der Waals surface area contributed by atoms with Crippen LogP contribution in [0.1, 0.15) is 45.4 Å². The predicted octanol–water partition coefficient (Wildman–Crippen LogP) is 2.90. The molecule has 0 rings (SSSR count). The fourth-order valence-electron chi connectivity index (χ4n) is 0.999. The highest BCUT2D eigenvalue weighted by atomic mass is 16.2. The van der Waals surface area contributed by atoms with Crippen LogP contribution in [0.4, 0.5) is 0 Å². The van der Waals surface area contributed by atoms with Gasteiger partial charge in [-0.3, -0.25) is 0 Å². The van der Waals surface area contributed by atoms with E-state index in [9.17, 15) is 0 Å². The topological polar surface area (TPSA) is 20.2 Å². The van der Waals surface area contributed by atoms with Crippen LogP contribution in [0.2, 0.25) is 0 Å². The van der Waals surface area contributed by atoms with Crippen molar-refractivity contribution in [1.82, 2.24) is 0 Å². The van der Waals surface area contributed by atoms with Crippen LogP contribution in [-0.2, 0) is 0 Å². The van der Waals surface area contributed by atoms with Gasteiger partial charge in [0.05, 0.1) is 0 Å². The molecule has 11 heavy (non-hydrogen) atoms. The maximum absolute atomic E-state index is 8.46. The largest absolute Gasteiger partial charge is 0.396 e. The summed E-state index contributed by atoms with van der Waals surface area (Å²) < 4.78 is 0. The molecule has 0 saturated heterocycles. The van der Waals surface area contributed by atoms with Crippen LogP contribution in [0.5, 0.6) is 0 Å². The average molecular weight is 156 g/mol. The van der Waals surface area contributed by atoms with Gasteiger partial charge in [0.25, 0.3) is 0 Å². The van der Waals surface area contributed by atoms with Crippen molar-refractivity contribution in [3.63, 3.8) is 0 Å². The number of hydrogen-bond acceptors (Lipinski definition) is 1.